The molecule has 0 fully saturated rings. The number of methoxy groups -OCH3 is 1. The standard InChI is InChI=1S/C11H19N3O2/c1-11(2,3)7-9-8-12-13-14(9)6-5-10(15)16-4/h8H,5-7H2,1-4H3. The third-order valence-electron chi connectivity index (χ3n) is 2.16. The van der Waals surface area contributed by atoms with Gasteiger partial charge in [0.15, 0.2) is 0 Å². The van der Waals surface area contributed by atoms with Crippen LogP contribution in [0.2, 0.25) is 0 Å². The van der Waals surface area contributed by atoms with Crippen molar-refractivity contribution in [2.24, 2.45) is 5.41 Å². The van der Waals surface area contributed by atoms with Gasteiger partial charge in [0.05, 0.1) is 32.0 Å². The summed E-state index contributed by atoms with van der Waals surface area (Å²) in [6.45, 7) is 7.00. The molecule has 90 valence electrons. The van der Waals surface area contributed by atoms with Crippen LogP contribution in [0.1, 0.15) is 32.9 Å². The minimum atomic E-state index is -0.225. The van der Waals surface area contributed by atoms with Crippen molar-refractivity contribution in [2.75, 3.05) is 7.11 Å². The summed E-state index contributed by atoms with van der Waals surface area (Å²) in [5.41, 5.74) is 1.24. The Labute approximate surface area is 95.8 Å². The highest BCUT2D eigenvalue weighted by atomic mass is 16.5. The first-order chi connectivity index (χ1) is 7.42. The maximum atomic E-state index is 11.0. The predicted molar refractivity (Wildman–Crippen MR) is 59.8 cm³/mol. The Hall–Kier alpha value is -1.39. The fraction of sp³-hybridized carbons (Fsp3) is 0.727. The van der Waals surface area contributed by atoms with Gasteiger partial charge in [-0.2, -0.15) is 0 Å². The molecule has 0 unspecified atom stereocenters. The van der Waals surface area contributed by atoms with E-state index in [1.807, 2.05) is 0 Å². The Kier molecular flexibility index (Phi) is 4.04. The number of hydrogen-bond donors (Lipinski definition) is 0. The highest BCUT2D eigenvalue weighted by molar-refractivity contribution is 5.68. The number of carbonyl (C=O) groups is 1. The molecule has 0 saturated carbocycles. The molecule has 0 amide bonds. The first-order valence-electron chi connectivity index (χ1n) is 5.36. The zero-order valence-electron chi connectivity index (χ0n) is 10.4. The lowest BCUT2D eigenvalue weighted by molar-refractivity contribution is -0.140. The fourth-order valence-corrected chi connectivity index (χ4v) is 1.45. The molecular formula is C11H19N3O2. The molecular weight excluding hydrogens is 206 g/mol. The largest absolute Gasteiger partial charge is 0.469 e. The van der Waals surface area contributed by atoms with Crippen LogP contribution in [-0.4, -0.2) is 28.1 Å². The molecule has 0 N–H and O–H groups in total. The van der Waals surface area contributed by atoms with Gasteiger partial charge in [0, 0.05) is 0 Å². The summed E-state index contributed by atoms with van der Waals surface area (Å²) >= 11 is 0. The number of nitrogens with zero attached hydrogens (tertiary/aromatic N) is 3. The van der Waals surface area contributed by atoms with Crippen LogP contribution < -0.4 is 0 Å². The van der Waals surface area contributed by atoms with Crippen molar-refractivity contribution < 1.29 is 9.53 Å². The smallest absolute Gasteiger partial charge is 0.307 e. The minimum Gasteiger partial charge on any atom is -0.469 e. The molecule has 0 aliphatic rings. The predicted octanol–water partition coefficient (Wildman–Crippen LogP) is 1.43. The van der Waals surface area contributed by atoms with Gasteiger partial charge in [0.1, 0.15) is 0 Å². The molecule has 0 aromatic carbocycles. The fourth-order valence-electron chi connectivity index (χ4n) is 1.45. The van der Waals surface area contributed by atoms with E-state index in [2.05, 4.69) is 35.8 Å². The molecule has 0 aliphatic heterocycles. The topological polar surface area (TPSA) is 57.0 Å². The van der Waals surface area contributed by atoms with Crippen molar-refractivity contribution in [3.05, 3.63) is 11.9 Å². The van der Waals surface area contributed by atoms with E-state index in [1.54, 1.807) is 10.9 Å². The monoisotopic (exact) mass is 225 g/mol. The number of hydrogen-bond acceptors (Lipinski definition) is 4. The van der Waals surface area contributed by atoms with Crippen LogP contribution in [0.25, 0.3) is 0 Å². The summed E-state index contributed by atoms with van der Waals surface area (Å²) in [5.74, 6) is -0.225. The average Bonchev–Trinajstić information content (AvgIpc) is 2.59. The lowest BCUT2D eigenvalue weighted by atomic mass is 9.91. The van der Waals surface area contributed by atoms with Crippen LogP contribution in [0.3, 0.4) is 0 Å². The van der Waals surface area contributed by atoms with Gasteiger partial charge in [0.25, 0.3) is 0 Å². The molecule has 0 aliphatic carbocycles. The molecule has 1 aromatic rings. The summed E-state index contributed by atoms with van der Waals surface area (Å²) in [6.07, 6.45) is 2.97. The number of aromatic nitrogens is 3. The van der Waals surface area contributed by atoms with Gasteiger partial charge in [-0.1, -0.05) is 26.0 Å². The maximum Gasteiger partial charge on any atom is 0.307 e. The van der Waals surface area contributed by atoms with E-state index < -0.39 is 0 Å². The van der Waals surface area contributed by atoms with Crippen molar-refractivity contribution in [3.63, 3.8) is 0 Å². The quantitative estimate of drug-likeness (QED) is 0.727. The van der Waals surface area contributed by atoms with Crippen molar-refractivity contribution in [1.29, 1.82) is 0 Å². The molecule has 1 aromatic heterocycles. The summed E-state index contributed by atoms with van der Waals surface area (Å²) in [5, 5.41) is 7.84. The number of carbonyl (C=O) groups excluding carboxylic acids is 1. The van der Waals surface area contributed by atoms with Crippen LogP contribution >= 0.6 is 0 Å². The zero-order valence-corrected chi connectivity index (χ0v) is 10.4. The second-order valence-electron chi connectivity index (χ2n) is 5.01. The maximum absolute atomic E-state index is 11.0. The van der Waals surface area contributed by atoms with E-state index in [1.165, 1.54) is 7.11 Å². The molecule has 0 spiro atoms. The first-order valence-corrected chi connectivity index (χ1v) is 5.36. The number of esters is 1. The lowest BCUT2D eigenvalue weighted by Crippen LogP contribution is -2.16. The second kappa shape index (κ2) is 5.09. The van der Waals surface area contributed by atoms with Crippen LogP contribution in [-0.2, 0) is 22.5 Å². The molecule has 1 heterocycles. The minimum absolute atomic E-state index is 0.185. The van der Waals surface area contributed by atoms with Crippen LogP contribution in [0.15, 0.2) is 6.20 Å². The van der Waals surface area contributed by atoms with Gasteiger partial charge in [0.2, 0.25) is 0 Å². The van der Waals surface area contributed by atoms with Gasteiger partial charge in [-0.25, -0.2) is 4.68 Å². The SMILES string of the molecule is COC(=O)CCn1nncc1CC(C)(C)C. The third-order valence-corrected chi connectivity index (χ3v) is 2.16. The Bertz CT molecular complexity index is 352. The molecule has 5 heteroatoms. The lowest BCUT2D eigenvalue weighted by Gasteiger charge is -2.17. The molecule has 0 saturated heterocycles. The second-order valence-corrected chi connectivity index (χ2v) is 5.01. The van der Waals surface area contributed by atoms with Crippen LogP contribution in [0.5, 0.6) is 0 Å². The van der Waals surface area contributed by atoms with Gasteiger partial charge >= 0.3 is 5.97 Å². The third kappa shape index (κ3) is 4.00. The van der Waals surface area contributed by atoms with Gasteiger partial charge in [-0.05, 0) is 11.8 Å². The first kappa shape index (κ1) is 12.7. The van der Waals surface area contributed by atoms with Crippen LogP contribution in [0.4, 0.5) is 0 Å². The molecule has 0 radical (unpaired) electrons. The highest BCUT2D eigenvalue weighted by Crippen LogP contribution is 2.19. The molecule has 0 bridgehead atoms. The summed E-state index contributed by atoms with van der Waals surface area (Å²) in [4.78, 5) is 11.0. The van der Waals surface area contributed by atoms with E-state index in [4.69, 9.17) is 0 Å². The summed E-state index contributed by atoms with van der Waals surface area (Å²) in [7, 11) is 1.39. The van der Waals surface area contributed by atoms with E-state index in [0.29, 0.717) is 13.0 Å². The highest BCUT2D eigenvalue weighted by Gasteiger charge is 2.15. The van der Waals surface area contributed by atoms with Gasteiger partial charge < -0.3 is 4.74 Å². The van der Waals surface area contributed by atoms with E-state index in [0.717, 1.165) is 12.1 Å². The zero-order chi connectivity index (χ0) is 12.2. The number of aryl methyl sites for hydroxylation is 1. The van der Waals surface area contributed by atoms with E-state index >= 15 is 0 Å². The normalized spacial score (nSPS) is 11.5. The van der Waals surface area contributed by atoms with Crippen molar-refractivity contribution in [1.82, 2.24) is 15.0 Å². The Balaban J connectivity index is 2.60. The number of rotatable bonds is 4. The average molecular weight is 225 g/mol. The number of ether oxygens (including phenoxy) is 1. The molecule has 16 heavy (non-hydrogen) atoms. The summed E-state index contributed by atoms with van der Waals surface area (Å²) in [6, 6.07) is 0. The van der Waals surface area contributed by atoms with E-state index in [-0.39, 0.29) is 11.4 Å². The Morgan fingerprint density at radius 1 is 1.50 bits per heavy atom. The molecule has 0 atom stereocenters. The van der Waals surface area contributed by atoms with Crippen molar-refractivity contribution >= 4 is 5.97 Å². The molecule has 5 nitrogen and oxygen atoms in total. The van der Waals surface area contributed by atoms with Crippen molar-refractivity contribution in [3.8, 4) is 0 Å². The summed E-state index contributed by atoms with van der Waals surface area (Å²) < 4.78 is 6.35. The van der Waals surface area contributed by atoms with Gasteiger partial charge in [-0.3, -0.25) is 4.79 Å². The Morgan fingerprint density at radius 2 is 2.19 bits per heavy atom. The Morgan fingerprint density at radius 3 is 2.75 bits per heavy atom. The van der Waals surface area contributed by atoms with Crippen LogP contribution in [0, 0.1) is 5.41 Å². The molecule has 1 rings (SSSR count). The van der Waals surface area contributed by atoms with Gasteiger partial charge in [-0.15, -0.1) is 5.10 Å². The van der Waals surface area contributed by atoms with Crippen molar-refractivity contribution in [2.45, 2.75) is 40.2 Å². The van der Waals surface area contributed by atoms with E-state index in [9.17, 15) is 4.79 Å².